The molecule has 0 spiro atoms. The summed E-state index contributed by atoms with van der Waals surface area (Å²) in [6, 6.07) is 15.3. The third kappa shape index (κ3) is 2.37. The summed E-state index contributed by atoms with van der Waals surface area (Å²) in [6.07, 6.45) is 0. The highest BCUT2D eigenvalue weighted by atomic mass is 32.2. The van der Waals surface area contributed by atoms with E-state index < -0.39 is 5.97 Å². The number of carboxylic acids is 1. The Balaban J connectivity index is 2.04. The van der Waals surface area contributed by atoms with E-state index in [4.69, 9.17) is 0 Å². The summed E-state index contributed by atoms with van der Waals surface area (Å²) in [7, 11) is 0. The van der Waals surface area contributed by atoms with E-state index in [2.05, 4.69) is 17.5 Å². The van der Waals surface area contributed by atoms with E-state index in [9.17, 15) is 9.90 Å². The molecule has 1 aromatic heterocycles. The van der Waals surface area contributed by atoms with Crippen LogP contribution in [-0.2, 0) is 0 Å². The summed E-state index contributed by atoms with van der Waals surface area (Å²) in [5.74, 6) is -0.886. The Morgan fingerprint density at radius 3 is 2.58 bits per heavy atom. The molecule has 0 radical (unpaired) electrons. The molecule has 0 aliphatic carbocycles. The van der Waals surface area contributed by atoms with Crippen molar-refractivity contribution in [3.63, 3.8) is 0 Å². The van der Waals surface area contributed by atoms with Crippen molar-refractivity contribution in [2.24, 2.45) is 0 Å². The van der Waals surface area contributed by atoms with Crippen molar-refractivity contribution in [1.29, 1.82) is 0 Å². The van der Waals surface area contributed by atoms with E-state index >= 15 is 0 Å². The monoisotopic (exact) mass is 286 g/mol. The van der Waals surface area contributed by atoms with Gasteiger partial charge in [0.2, 0.25) is 0 Å². The number of carboxylic acid groups (broad SMARTS) is 1. The molecular weight excluding hydrogens is 276 g/mol. The third-order valence-corrected chi connectivity index (χ3v) is 5.03. The van der Waals surface area contributed by atoms with Crippen molar-refractivity contribution >= 4 is 39.2 Å². The Kier molecular flexibility index (Phi) is 3.27. The van der Waals surface area contributed by atoms with Gasteiger partial charge in [-0.2, -0.15) is 0 Å². The van der Waals surface area contributed by atoms with E-state index in [-0.39, 0.29) is 0 Å². The lowest BCUT2D eigenvalue weighted by Gasteiger charge is -2.04. The lowest BCUT2D eigenvalue weighted by Crippen LogP contribution is -1.97. The van der Waals surface area contributed by atoms with E-state index in [0.29, 0.717) is 5.56 Å². The number of hydrogen-bond donors (Lipinski definition) is 1. The normalized spacial score (nSPS) is 10.7. The Bertz CT molecular complexity index is 746. The van der Waals surface area contributed by atoms with Gasteiger partial charge >= 0.3 is 5.97 Å². The molecule has 0 fully saturated rings. The number of hydrogen-bond acceptors (Lipinski definition) is 3. The zero-order valence-corrected chi connectivity index (χ0v) is 11.5. The zero-order chi connectivity index (χ0) is 13.2. The lowest BCUT2D eigenvalue weighted by molar-refractivity contribution is 0.0693. The fourth-order valence-electron chi connectivity index (χ4n) is 1.88. The minimum Gasteiger partial charge on any atom is -0.478 e. The summed E-state index contributed by atoms with van der Waals surface area (Å²) >= 11 is 3.19. The molecule has 0 aliphatic heterocycles. The van der Waals surface area contributed by atoms with Crippen LogP contribution < -0.4 is 0 Å². The van der Waals surface area contributed by atoms with Crippen LogP contribution >= 0.6 is 23.1 Å². The van der Waals surface area contributed by atoms with Gasteiger partial charge in [0.25, 0.3) is 0 Å². The smallest absolute Gasteiger partial charge is 0.336 e. The molecule has 19 heavy (non-hydrogen) atoms. The Morgan fingerprint density at radius 2 is 1.74 bits per heavy atom. The van der Waals surface area contributed by atoms with Crippen LogP contribution in [0, 0.1) is 0 Å². The predicted octanol–water partition coefficient (Wildman–Crippen LogP) is 4.75. The van der Waals surface area contributed by atoms with Crippen LogP contribution in [-0.4, -0.2) is 11.1 Å². The van der Waals surface area contributed by atoms with Crippen molar-refractivity contribution in [3.8, 4) is 0 Å². The Labute approximate surface area is 118 Å². The van der Waals surface area contributed by atoms with E-state index in [1.165, 1.54) is 21.8 Å². The molecule has 0 bridgehead atoms. The van der Waals surface area contributed by atoms with E-state index in [1.54, 1.807) is 23.5 Å². The fourth-order valence-corrected chi connectivity index (χ4v) is 4.04. The quantitative estimate of drug-likeness (QED) is 0.755. The summed E-state index contributed by atoms with van der Waals surface area (Å²) < 4.78 is 1.22. The van der Waals surface area contributed by atoms with Crippen LogP contribution in [0.1, 0.15) is 10.4 Å². The van der Waals surface area contributed by atoms with Gasteiger partial charge in [-0.15, -0.1) is 11.3 Å². The van der Waals surface area contributed by atoms with Crippen LogP contribution in [0.5, 0.6) is 0 Å². The van der Waals surface area contributed by atoms with Gasteiger partial charge in [-0.25, -0.2) is 4.79 Å². The average molecular weight is 286 g/mol. The molecule has 0 aliphatic rings. The van der Waals surface area contributed by atoms with Crippen LogP contribution in [0.2, 0.25) is 0 Å². The molecule has 0 unspecified atom stereocenters. The van der Waals surface area contributed by atoms with Crippen molar-refractivity contribution in [1.82, 2.24) is 0 Å². The van der Waals surface area contributed by atoms with Gasteiger partial charge < -0.3 is 5.11 Å². The van der Waals surface area contributed by atoms with E-state index in [1.807, 2.05) is 24.3 Å². The molecule has 3 rings (SSSR count). The van der Waals surface area contributed by atoms with Crippen LogP contribution in [0.15, 0.2) is 63.7 Å². The van der Waals surface area contributed by atoms with Gasteiger partial charge in [-0.05, 0) is 18.2 Å². The van der Waals surface area contributed by atoms with Crippen LogP contribution in [0.3, 0.4) is 0 Å². The zero-order valence-electron chi connectivity index (χ0n) is 9.87. The lowest BCUT2D eigenvalue weighted by atomic mass is 10.2. The van der Waals surface area contributed by atoms with Crippen LogP contribution in [0.25, 0.3) is 10.1 Å². The van der Waals surface area contributed by atoms with Crippen molar-refractivity contribution in [2.75, 3.05) is 0 Å². The van der Waals surface area contributed by atoms with Gasteiger partial charge in [0.05, 0.1) is 5.56 Å². The average Bonchev–Trinajstić information content (AvgIpc) is 2.83. The second-order valence-electron chi connectivity index (χ2n) is 4.00. The summed E-state index contributed by atoms with van der Waals surface area (Å²) in [5.41, 5.74) is 0.350. The molecule has 0 amide bonds. The third-order valence-electron chi connectivity index (χ3n) is 2.78. The molecule has 1 heterocycles. The highest BCUT2D eigenvalue weighted by molar-refractivity contribution is 7.99. The number of carbonyl (C=O) groups is 1. The molecule has 4 heteroatoms. The first-order valence-corrected chi connectivity index (χ1v) is 7.42. The minimum atomic E-state index is -0.886. The van der Waals surface area contributed by atoms with Gasteiger partial charge in [0, 0.05) is 25.3 Å². The largest absolute Gasteiger partial charge is 0.478 e. The molecular formula is C15H10O2S2. The maximum atomic E-state index is 11.2. The van der Waals surface area contributed by atoms with Gasteiger partial charge in [-0.3, -0.25) is 0 Å². The molecule has 0 saturated heterocycles. The summed E-state index contributed by atoms with van der Waals surface area (Å²) in [5, 5.41) is 12.5. The highest BCUT2D eigenvalue weighted by Crippen LogP contribution is 2.38. The summed E-state index contributed by atoms with van der Waals surface area (Å²) in [6.45, 7) is 0. The minimum absolute atomic E-state index is 0.350. The maximum Gasteiger partial charge on any atom is 0.336 e. The Hall–Kier alpha value is -1.78. The standard InChI is InChI=1S/C15H10O2S2/c16-15(17)11-6-2-4-8-13(11)19-14-9-18-12-7-3-1-5-10(12)14/h1-9H,(H,16,17). The number of benzene rings is 2. The highest BCUT2D eigenvalue weighted by Gasteiger charge is 2.12. The first-order chi connectivity index (χ1) is 9.25. The summed E-state index contributed by atoms with van der Waals surface area (Å²) in [4.78, 5) is 13.1. The molecule has 3 aromatic rings. The molecule has 1 N–H and O–H groups in total. The molecule has 0 atom stereocenters. The number of fused-ring (bicyclic) bond motifs is 1. The topological polar surface area (TPSA) is 37.3 Å². The van der Waals surface area contributed by atoms with Crippen molar-refractivity contribution in [3.05, 3.63) is 59.5 Å². The number of rotatable bonds is 3. The second kappa shape index (κ2) is 5.07. The SMILES string of the molecule is O=C(O)c1ccccc1Sc1csc2ccccc12. The molecule has 0 saturated carbocycles. The first-order valence-electron chi connectivity index (χ1n) is 5.72. The van der Waals surface area contributed by atoms with Crippen LogP contribution in [0.4, 0.5) is 0 Å². The maximum absolute atomic E-state index is 11.2. The van der Waals surface area contributed by atoms with Crippen molar-refractivity contribution in [2.45, 2.75) is 9.79 Å². The molecule has 94 valence electrons. The fraction of sp³-hybridized carbons (Fsp3) is 0. The predicted molar refractivity (Wildman–Crippen MR) is 79.3 cm³/mol. The number of aromatic carboxylic acids is 1. The molecule has 2 nitrogen and oxygen atoms in total. The molecule has 2 aromatic carbocycles. The van der Waals surface area contributed by atoms with Gasteiger partial charge in [-0.1, -0.05) is 42.1 Å². The second-order valence-corrected chi connectivity index (χ2v) is 5.99. The van der Waals surface area contributed by atoms with E-state index in [0.717, 1.165) is 9.79 Å². The van der Waals surface area contributed by atoms with Gasteiger partial charge in [0.15, 0.2) is 0 Å². The number of thiophene rings is 1. The Morgan fingerprint density at radius 1 is 1.00 bits per heavy atom. The first kappa shape index (κ1) is 12.3. The van der Waals surface area contributed by atoms with Crippen molar-refractivity contribution < 1.29 is 9.90 Å². The van der Waals surface area contributed by atoms with Gasteiger partial charge in [0.1, 0.15) is 0 Å².